The zero-order chi connectivity index (χ0) is 17.2. The van der Waals surface area contributed by atoms with Crippen LogP contribution in [0.5, 0.6) is 0 Å². The fourth-order valence-electron chi connectivity index (χ4n) is 2.18. The third kappa shape index (κ3) is 3.38. The molecule has 122 valence electrons. The summed E-state index contributed by atoms with van der Waals surface area (Å²) in [5, 5.41) is 1.79. The topological polar surface area (TPSA) is 88.2 Å². The van der Waals surface area contributed by atoms with Gasteiger partial charge in [0.15, 0.2) is 0 Å². The Morgan fingerprint density at radius 2 is 1.75 bits per heavy atom. The number of sulfonamides is 1. The summed E-state index contributed by atoms with van der Waals surface area (Å²) in [4.78, 5) is 18.0. The SMILES string of the molecule is O=C(NNS(=O)(=O)c1ccc(Cl)nc1)c1cccc2ccccc12. The van der Waals surface area contributed by atoms with Crippen LogP contribution in [0.4, 0.5) is 0 Å². The highest BCUT2D eigenvalue weighted by molar-refractivity contribution is 7.89. The number of hydrogen-bond acceptors (Lipinski definition) is 4. The normalized spacial score (nSPS) is 11.4. The maximum absolute atomic E-state index is 12.3. The summed E-state index contributed by atoms with van der Waals surface area (Å²) in [5.41, 5.74) is 2.57. The molecule has 1 aromatic heterocycles. The van der Waals surface area contributed by atoms with E-state index in [2.05, 4.69) is 10.4 Å². The number of hydrazine groups is 1. The molecule has 2 N–H and O–H groups in total. The number of nitrogens with one attached hydrogen (secondary N) is 2. The molecular formula is C16H12ClN3O3S. The van der Waals surface area contributed by atoms with Gasteiger partial charge in [-0.15, -0.1) is 4.83 Å². The van der Waals surface area contributed by atoms with Crippen LogP contribution in [0.3, 0.4) is 0 Å². The van der Waals surface area contributed by atoms with E-state index in [-0.39, 0.29) is 10.0 Å². The van der Waals surface area contributed by atoms with Crippen LogP contribution in [0.25, 0.3) is 10.8 Å². The van der Waals surface area contributed by atoms with Crippen LogP contribution < -0.4 is 10.3 Å². The fourth-order valence-corrected chi connectivity index (χ4v) is 3.08. The summed E-state index contributed by atoms with van der Waals surface area (Å²) in [6.07, 6.45) is 1.11. The van der Waals surface area contributed by atoms with Gasteiger partial charge in [-0.3, -0.25) is 10.2 Å². The van der Waals surface area contributed by atoms with Gasteiger partial charge in [0, 0.05) is 11.8 Å². The van der Waals surface area contributed by atoms with Gasteiger partial charge >= 0.3 is 0 Å². The second kappa shape index (κ2) is 6.56. The molecule has 0 saturated heterocycles. The third-order valence-electron chi connectivity index (χ3n) is 3.34. The highest BCUT2D eigenvalue weighted by Gasteiger charge is 2.17. The van der Waals surface area contributed by atoms with E-state index < -0.39 is 15.9 Å². The molecule has 0 bridgehead atoms. The van der Waals surface area contributed by atoms with Gasteiger partial charge < -0.3 is 0 Å². The Morgan fingerprint density at radius 3 is 2.50 bits per heavy atom. The molecule has 0 atom stereocenters. The van der Waals surface area contributed by atoms with Crippen LogP contribution in [0.15, 0.2) is 65.7 Å². The molecule has 0 saturated carbocycles. The molecule has 0 aliphatic carbocycles. The van der Waals surface area contributed by atoms with Crippen LogP contribution >= 0.6 is 11.6 Å². The van der Waals surface area contributed by atoms with Crippen molar-refractivity contribution in [1.29, 1.82) is 0 Å². The second-order valence-corrected chi connectivity index (χ2v) is 6.97. The molecule has 3 rings (SSSR count). The van der Waals surface area contributed by atoms with Crippen LogP contribution in [0, 0.1) is 0 Å². The Morgan fingerprint density at radius 1 is 1.00 bits per heavy atom. The number of hydrogen-bond donors (Lipinski definition) is 2. The lowest BCUT2D eigenvalue weighted by atomic mass is 10.0. The van der Waals surface area contributed by atoms with E-state index in [1.165, 1.54) is 12.1 Å². The monoisotopic (exact) mass is 361 g/mol. The minimum atomic E-state index is -3.94. The molecule has 1 amide bonds. The Labute approximate surface area is 143 Å². The second-order valence-electron chi connectivity index (χ2n) is 4.90. The first-order valence-corrected chi connectivity index (χ1v) is 8.75. The van der Waals surface area contributed by atoms with E-state index >= 15 is 0 Å². The molecule has 0 fully saturated rings. The molecule has 0 spiro atoms. The number of benzene rings is 2. The summed E-state index contributed by atoms with van der Waals surface area (Å²) in [6.45, 7) is 0. The van der Waals surface area contributed by atoms with Gasteiger partial charge in [0.2, 0.25) is 0 Å². The van der Waals surface area contributed by atoms with Crippen molar-refractivity contribution in [3.63, 3.8) is 0 Å². The Kier molecular flexibility index (Phi) is 4.48. The van der Waals surface area contributed by atoms with Crippen molar-refractivity contribution in [1.82, 2.24) is 15.2 Å². The van der Waals surface area contributed by atoms with E-state index in [1.807, 2.05) is 29.1 Å². The Balaban J connectivity index is 1.81. The van der Waals surface area contributed by atoms with E-state index in [1.54, 1.807) is 18.2 Å². The predicted octanol–water partition coefficient (Wildman–Crippen LogP) is 2.51. The van der Waals surface area contributed by atoms with E-state index in [0.29, 0.717) is 5.56 Å². The number of carbonyl (C=O) groups excluding carboxylic acids is 1. The lowest BCUT2D eigenvalue weighted by molar-refractivity contribution is 0.0947. The smallest absolute Gasteiger partial charge is 0.266 e. The average Bonchev–Trinajstić information content (AvgIpc) is 2.59. The van der Waals surface area contributed by atoms with Crippen molar-refractivity contribution in [3.05, 3.63) is 71.5 Å². The van der Waals surface area contributed by atoms with Gasteiger partial charge in [-0.2, -0.15) is 0 Å². The van der Waals surface area contributed by atoms with Gasteiger partial charge in [0.05, 0.1) is 0 Å². The molecule has 24 heavy (non-hydrogen) atoms. The summed E-state index contributed by atoms with van der Waals surface area (Å²) in [7, 11) is -3.94. The maximum atomic E-state index is 12.3. The largest absolute Gasteiger partial charge is 0.273 e. The molecule has 0 radical (unpaired) electrons. The van der Waals surface area contributed by atoms with Crippen LogP contribution in [0.1, 0.15) is 10.4 Å². The molecule has 1 heterocycles. The van der Waals surface area contributed by atoms with Crippen molar-refractivity contribution in [2.75, 3.05) is 0 Å². The standard InChI is InChI=1S/C16H12ClN3O3S/c17-15-9-8-12(10-18-15)24(22,23)20-19-16(21)14-7-3-5-11-4-1-2-6-13(11)14/h1-10,20H,(H,19,21). The average molecular weight is 362 g/mol. The van der Waals surface area contributed by atoms with Crippen LogP contribution in [-0.2, 0) is 10.0 Å². The number of pyridine rings is 1. The zero-order valence-corrected chi connectivity index (χ0v) is 13.8. The lowest BCUT2D eigenvalue weighted by Crippen LogP contribution is -2.41. The first kappa shape index (κ1) is 16.4. The van der Waals surface area contributed by atoms with Gasteiger partial charge in [0.25, 0.3) is 15.9 Å². The minimum Gasteiger partial charge on any atom is -0.273 e. The van der Waals surface area contributed by atoms with E-state index in [0.717, 1.165) is 17.0 Å². The maximum Gasteiger partial charge on any atom is 0.266 e. The molecule has 0 aliphatic heterocycles. The molecular weight excluding hydrogens is 350 g/mol. The van der Waals surface area contributed by atoms with Gasteiger partial charge in [-0.05, 0) is 29.0 Å². The predicted molar refractivity (Wildman–Crippen MR) is 91.0 cm³/mol. The number of amides is 1. The van der Waals surface area contributed by atoms with Gasteiger partial charge in [0.1, 0.15) is 10.0 Å². The van der Waals surface area contributed by atoms with Crippen molar-refractivity contribution >= 4 is 38.3 Å². The number of nitrogens with zero attached hydrogens (tertiary/aromatic N) is 1. The molecule has 8 heteroatoms. The van der Waals surface area contributed by atoms with E-state index in [4.69, 9.17) is 11.6 Å². The first-order valence-electron chi connectivity index (χ1n) is 6.89. The Bertz CT molecular complexity index is 999. The summed E-state index contributed by atoms with van der Waals surface area (Å²) < 4.78 is 24.3. The van der Waals surface area contributed by atoms with Crippen molar-refractivity contribution in [2.24, 2.45) is 0 Å². The summed E-state index contributed by atoms with van der Waals surface area (Å²) in [6, 6.07) is 15.2. The van der Waals surface area contributed by atoms with Gasteiger partial charge in [-0.25, -0.2) is 13.4 Å². The van der Waals surface area contributed by atoms with Crippen molar-refractivity contribution in [2.45, 2.75) is 4.90 Å². The molecule has 2 aromatic carbocycles. The number of fused-ring (bicyclic) bond motifs is 1. The molecule has 0 unspecified atom stereocenters. The summed E-state index contributed by atoms with van der Waals surface area (Å²) >= 11 is 5.63. The Hall–Kier alpha value is -2.48. The van der Waals surface area contributed by atoms with Gasteiger partial charge in [-0.1, -0.05) is 48.0 Å². The highest BCUT2D eigenvalue weighted by atomic mass is 35.5. The quantitative estimate of drug-likeness (QED) is 0.552. The van der Waals surface area contributed by atoms with Crippen LogP contribution in [0.2, 0.25) is 5.15 Å². The minimum absolute atomic E-state index is 0.106. The fraction of sp³-hybridized carbons (Fsp3) is 0. The first-order chi connectivity index (χ1) is 11.5. The number of aromatic nitrogens is 1. The number of rotatable bonds is 4. The summed E-state index contributed by atoms with van der Waals surface area (Å²) in [5.74, 6) is -0.558. The highest BCUT2D eigenvalue weighted by Crippen LogP contribution is 2.18. The van der Waals surface area contributed by atoms with Crippen molar-refractivity contribution in [3.8, 4) is 0 Å². The molecule has 0 aliphatic rings. The van der Waals surface area contributed by atoms with Crippen LogP contribution in [-0.4, -0.2) is 19.3 Å². The number of carbonyl (C=O) groups is 1. The lowest BCUT2D eigenvalue weighted by Gasteiger charge is -2.10. The van der Waals surface area contributed by atoms with E-state index in [9.17, 15) is 13.2 Å². The molecule has 3 aromatic rings. The van der Waals surface area contributed by atoms with Crippen molar-refractivity contribution < 1.29 is 13.2 Å². The zero-order valence-electron chi connectivity index (χ0n) is 12.2. The molecule has 6 nitrogen and oxygen atoms in total. The third-order valence-corrected chi connectivity index (χ3v) is 4.80. The number of halogens is 1.